The summed E-state index contributed by atoms with van der Waals surface area (Å²) in [4.78, 5) is 17.9. The van der Waals surface area contributed by atoms with Gasteiger partial charge in [0.1, 0.15) is 5.82 Å². The molecule has 0 aromatic carbocycles. The van der Waals surface area contributed by atoms with Gasteiger partial charge in [0.15, 0.2) is 0 Å². The molecule has 0 atom stereocenters. The molecule has 0 aliphatic carbocycles. The van der Waals surface area contributed by atoms with Crippen LogP contribution in [0.1, 0.15) is 49.7 Å². The summed E-state index contributed by atoms with van der Waals surface area (Å²) in [5, 5.41) is 9.24. The minimum absolute atomic E-state index is 0.185. The Bertz CT molecular complexity index is 458. The number of rotatable bonds is 7. The molecule has 1 aromatic heterocycles. The van der Waals surface area contributed by atoms with Crippen LogP contribution in [0.3, 0.4) is 0 Å². The zero-order valence-electron chi connectivity index (χ0n) is 12.9. The summed E-state index contributed by atoms with van der Waals surface area (Å²) in [5.41, 5.74) is 1.07. The van der Waals surface area contributed by atoms with Crippen molar-refractivity contribution in [3.05, 3.63) is 23.4 Å². The predicted octanol–water partition coefficient (Wildman–Crippen LogP) is 2.76. The highest BCUT2D eigenvalue weighted by atomic mass is 16.5. The third-order valence-electron chi connectivity index (χ3n) is 3.12. The molecule has 1 rings (SSSR count). The number of hydrogen-bond acceptors (Lipinski definition) is 4. The van der Waals surface area contributed by atoms with E-state index in [1.807, 2.05) is 13.8 Å². The highest BCUT2D eigenvalue weighted by Gasteiger charge is 2.17. The third kappa shape index (κ3) is 4.20. The summed E-state index contributed by atoms with van der Waals surface area (Å²) >= 11 is 0. The predicted molar refractivity (Wildman–Crippen MR) is 79.6 cm³/mol. The summed E-state index contributed by atoms with van der Waals surface area (Å²) in [6, 6.07) is 3.50. The van der Waals surface area contributed by atoms with E-state index in [1.54, 1.807) is 19.2 Å². The number of aromatic carboxylic acids is 1. The van der Waals surface area contributed by atoms with Gasteiger partial charge in [-0.15, -0.1) is 0 Å². The van der Waals surface area contributed by atoms with Gasteiger partial charge >= 0.3 is 5.97 Å². The van der Waals surface area contributed by atoms with Gasteiger partial charge in [0.05, 0.1) is 12.2 Å². The minimum Gasteiger partial charge on any atom is -0.478 e. The Labute approximate surface area is 120 Å². The molecule has 1 N–H and O–H groups in total. The molecule has 1 aromatic rings. The standard InChI is InChI=1S/C15H24N2O3/c1-10(2)13-8-12(15(18)19)9-14(16-13)17(11(3)4)6-7-20-5/h8-11H,6-7H2,1-5H3,(H,18,19). The third-order valence-corrected chi connectivity index (χ3v) is 3.12. The Morgan fingerprint density at radius 3 is 2.45 bits per heavy atom. The van der Waals surface area contributed by atoms with E-state index in [0.29, 0.717) is 19.0 Å². The van der Waals surface area contributed by atoms with E-state index in [2.05, 4.69) is 23.7 Å². The van der Waals surface area contributed by atoms with Crippen LogP contribution in [0.15, 0.2) is 12.1 Å². The maximum atomic E-state index is 11.3. The van der Waals surface area contributed by atoms with E-state index in [0.717, 1.165) is 5.69 Å². The van der Waals surface area contributed by atoms with Gasteiger partial charge in [0.2, 0.25) is 0 Å². The van der Waals surface area contributed by atoms with Crippen molar-refractivity contribution in [1.29, 1.82) is 0 Å². The van der Waals surface area contributed by atoms with Crippen LogP contribution in [0.2, 0.25) is 0 Å². The molecule has 1 heterocycles. The van der Waals surface area contributed by atoms with Crippen LogP contribution < -0.4 is 4.90 Å². The Morgan fingerprint density at radius 1 is 1.35 bits per heavy atom. The first-order chi connectivity index (χ1) is 9.36. The lowest BCUT2D eigenvalue weighted by Gasteiger charge is -2.28. The van der Waals surface area contributed by atoms with Crippen molar-refractivity contribution in [1.82, 2.24) is 4.98 Å². The van der Waals surface area contributed by atoms with Crippen molar-refractivity contribution in [3.8, 4) is 0 Å². The van der Waals surface area contributed by atoms with Gasteiger partial charge in [-0.3, -0.25) is 0 Å². The number of anilines is 1. The van der Waals surface area contributed by atoms with E-state index >= 15 is 0 Å². The number of ether oxygens (including phenoxy) is 1. The lowest BCUT2D eigenvalue weighted by atomic mass is 10.1. The number of aromatic nitrogens is 1. The van der Waals surface area contributed by atoms with Crippen LogP contribution in [0.5, 0.6) is 0 Å². The maximum absolute atomic E-state index is 11.3. The fourth-order valence-electron chi connectivity index (χ4n) is 1.93. The molecule has 0 amide bonds. The highest BCUT2D eigenvalue weighted by Crippen LogP contribution is 2.21. The van der Waals surface area contributed by atoms with E-state index < -0.39 is 5.97 Å². The lowest BCUT2D eigenvalue weighted by Crippen LogP contribution is -2.34. The molecular formula is C15H24N2O3. The fourth-order valence-corrected chi connectivity index (χ4v) is 1.93. The zero-order valence-corrected chi connectivity index (χ0v) is 12.9. The Hall–Kier alpha value is -1.62. The monoisotopic (exact) mass is 280 g/mol. The lowest BCUT2D eigenvalue weighted by molar-refractivity contribution is 0.0696. The number of methoxy groups -OCH3 is 1. The molecule has 5 heteroatoms. The molecule has 0 bridgehead atoms. The summed E-state index contributed by atoms with van der Waals surface area (Å²) in [7, 11) is 1.65. The Kier molecular flexibility index (Phi) is 5.95. The Morgan fingerprint density at radius 2 is 2.00 bits per heavy atom. The molecule has 20 heavy (non-hydrogen) atoms. The second-order valence-corrected chi connectivity index (χ2v) is 5.38. The first-order valence-corrected chi connectivity index (χ1v) is 6.87. The summed E-state index contributed by atoms with van der Waals surface area (Å²) < 4.78 is 5.11. The highest BCUT2D eigenvalue weighted by molar-refractivity contribution is 5.88. The average Bonchev–Trinajstić information content (AvgIpc) is 2.38. The van der Waals surface area contributed by atoms with Crippen molar-refractivity contribution in [2.75, 3.05) is 25.2 Å². The Balaban J connectivity index is 3.21. The zero-order chi connectivity index (χ0) is 15.3. The summed E-state index contributed by atoms with van der Waals surface area (Å²) in [5.74, 6) is -0.0452. The smallest absolute Gasteiger partial charge is 0.335 e. The molecule has 0 unspecified atom stereocenters. The van der Waals surface area contributed by atoms with Crippen LogP contribution >= 0.6 is 0 Å². The van der Waals surface area contributed by atoms with Crippen LogP contribution in [0, 0.1) is 0 Å². The summed E-state index contributed by atoms with van der Waals surface area (Å²) in [6.45, 7) is 9.38. The van der Waals surface area contributed by atoms with E-state index in [9.17, 15) is 9.90 Å². The fraction of sp³-hybridized carbons (Fsp3) is 0.600. The molecule has 0 spiro atoms. The van der Waals surface area contributed by atoms with Gasteiger partial charge in [-0.25, -0.2) is 9.78 Å². The number of carboxylic acid groups (broad SMARTS) is 1. The average molecular weight is 280 g/mol. The molecule has 0 fully saturated rings. The van der Waals surface area contributed by atoms with Crippen molar-refractivity contribution < 1.29 is 14.6 Å². The number of carbonyl (C=O) groups is 1. The summed E-state index contributed by atoms with van der Waals surface area (Å²) in [6.07, 6.45) is 0. The van der Waals surface area contributed by atoms with Crippen LogP contribution in [0.25, 0.3) is 0 Å². The molecule has 0 radical (unpaired) electrons. The largest absolute Gasteiger partial charge is 0.478 e. The van der Waals surface area contributed by atoms with Gasteiger partial charge < -0.3 is 14.7 Å². The number of nitrogens with zero attached hydrogens (tertiary/aromatic N) is 2. The van der Waals surface area contributed by atoms with Crippen LogP contribution in [-0.2, 0) is 4.74 Å². The minimum atomic E-state index is -0.925. The van der Waals surface area contributed by atoms with Gasteiger partial charge in [-0.2, -0.15) is 0 Å². The normalized spacial score (nSPS) is 11.2. The van der Waals surface area contributed by atoms with Crippen LogP contribution in [-0.4, -0.2) is 42.4 Å². The van der Waals surface area contributed by atoms with Gasteiger partial charge in [0, 0.05) is 25.4 Å². The van der Waals surface area contributed by atoms with Crippen molar-refractivity contribution >= 4 is 11.8 Å². The van der Waals surface area contributed by atoms with Gasteiger partial charge in [-0.05, 0) is 31.9 Å². The first-order valence-electron chi connectivity index (χ1n) is 6.87. The second-order valence-electron chi connectivity index (χ2n) is 5.38. The molecule has 0 aliphatic heterocycles. The van der Waals surface area contributed by atoms with Gasteiger partial charge in [0.25, 0.3) is 0 Å². The first kappa shape index (κ1) is 16.4. The van der Waals surface area contributed by atoms with E-state index in [4.69, 9.17) is 4.74 Å². The molecular weight excluding hydrogens is 256 g/mol. The van der Waals surface area contributed by atoms with E-state index in [-0.39, 0.29) is 17.5 Å². The van der Waals surface area contributed by atoms with Crippen molar-refractivity contribution in [2.24, 2.45) is 0 Å². The molecule has 5 nitrogen and oxygen atoms in total. The molecule has 0 saturated heterocycles. The topological polar surface area (TPSA) is 62.7 Å². The number of hydrogen-bond donors (Lipinski definition) is 1. The number of pyridine rings is 1. The molecule has 112 valence electrons. The quantitative estimate of drug-likeness (QED) is 0.832. The molecule has 0 aliphatic rings. The maximum Gasteiger partial charge on any atom is 0.335 e. The SMILES string of the molecule is COCCN(c1cc(C(=O)O)cc(C(C)C)n1)C(C)C. The second kappa shape index (κ2) is 7.24. The van der Waals surface area contributed by atoms with Crippen LogP contribution in [0.4, 0.5) is 5.82 Å². The van der Waals surface area contributed by atoms with Crippen molar-refractivity contribution in [3.63, 3.8) is 0 Å². The number of carboxylic acids is 1. The molecule has 0 saturated carbocycles. The van der Waals surface area contributed by atoms with Crippen molar-refractivity contribution in [2.45, 2.75) is 39.7 Å². The van der Waals surface area contributed by atoms with Gasteiger partial charge in [-0.1, -0.05) is 13.8 Å². The van der Waals surface area contributed by atoms with E-state index in [1.165, 1.54) is 0 Å².